The van der Waals surface area contributed by atoms with Crippen LogP contribution < -0.4 is 25.4 Å². The van der Waals surface area contributed by atoms with Gasteiger partial charge in [0.15, 0.2) is 28.8 Å². The van der Waals surface area contributed by atoms with Crippen molar-refractivity contribution in [2.45, 2.75) is 19.8 Å². The molecule has 31 heavy (non-hydrogen) atoms. The minimum absolute atomic E-state index is 0.0220. The number of rotatable bonds is 6. The molecule has 1 amide bonds. The monoisotopic (exact) mass is 426 g/mol. The Balaban J connectivity index is 1.49. The van der Waals surface area contributed by atoms with Crippen molar-refractivity contribution in [1.82, 2.24) is 14.6 Å². The van der Waals surface area contributed by atoms with Crippen molar-refractivity contribution in [2.75, 3.05) is 36.2 Å². The van der Waals surface area contributed by atoms with E-state index in [0.717, 1.165) is 6.42 Å². The molecule has 2 aromatic heterocycles. The van der Waals surface area contributed by atoms with E-state index in [9.17, 15) is 4.79 Å². The molecule has 3 aromatic rings. The van der Waals surface area contributed by atoms with Gasteiger partial charge in [0.25, 0.3) is 0 Å². The molecule has 0 spiro atoms. The molecule has 3 N–H and O–H groups in total. The van der Waals surface area contributed by atoms with Gasteiger partial charge in [-0.05, 0) is 30.4 Å². The second-order valence-electron chi connectivity index (χ2n) is 7.85. The zero-order valence-electron chi connectivity index (χ0n) is 17.2. The zero-order chi connectivity index (χ0) is 21.5. The smallest absolute Gasteiger partial charge is 0.224 e. The number of benzene rings is 1. The second kappa shape index (κ2) is 7.60. The van der Waals surface area contributed by atoms with Crippen molar-refractivity contribution >= 4 is 34.6 Å². The number of halogens is 1. The average molecular weight is 426 g/mol. The Morgan fingerprint density at radius 3 is 2.87 bits per heavy atom. The number of nitrogens with one attached hydrogen (secondary N) is 3. The Hall–Kier alpha value is -3.56. The third-order valence-corrected chi connectivity index (χ3v) is 5.64. The van der Waals surface area contributed by atoms with E-state index in [1.165, 1.54) is 10.7 Å². The van der Waals surface area contributed by atoms with Crippen molar-refractivity contribution < 1.29 is 18.7 Å². The molecule has 0 saturated heterocycles. The fraction of sp³-hybridized carbons (Fsp3) is 0.381. The Kier molecular flexibility index (Phi) is 4.76. The lowest BCUT2D eigenvalue weighted by Crippen LogP contribution is -2.16. The van der Waals surface area contributed by atoms with Crippen LogP contribution in [0.4, 0.5) is 27.4 Å². The van der Waals surface area contributed by atoms with E-state index >= 15 is 4.39 Å². The van der Waals surface area contributed by atoms with E-state index in [4.69, 9.17) is 9.47 Å². The number of para-hydroxylation sites is 1. The van der Waals surface area contributed by atoms with Crippen molar-refractivity contribution in [2.24, 2.45) is 11.8 Å². The summed E-state index contributed by atoms with van der Waals surface area (Å²) in [4.78, 5) is 16.8. The summed E-state index contributed by atoms with van der Waals surface area (Å²) in [5, 5.41) is 12.9. The van der Waals surface area contributed by atoms with Gasteiger partial charge >= 0.3 is 0 Å². The van der Waals surface area contributed by atoms with Gasteiger partial charge in [0, 0.05) is 13.5 Å². The summed E-state index contributed by atoms with van der Waals surface area (Å²) < 4.78 is 27.8. The maximum Gasteiger partial charge on any atom is 0.224 e. The molecule has 0 unspecified atom stereocenters. The molecule has 1 saturated carbocycles. The number of fused-ring (bicyclic) bond motifs is 2. The number of carbonyl (C=O) groups excluding carboxylic acids is 1. The Morgan fingerprint density at radius 1 is 1.29 bits per heavy atom. The first kappa shape index (κ1) is 19.4. The van der Waals surface area contributed by atoms with Crippen molar-refractivity contribution in [3.8, 4) is 11.5 Å². The van der Waals surface area contributed by atoms with E-state index in [2.05, 4.69) is 33.0 Å². The largest absolute Gasteiger partial charge is 0.486 e. The first-order chi connectivity index (χ1) is 15.0. The Bertz CT molecular complexity index is 1160. The summed E-state index contributed by atoms with van der Waals surface area (Å²) >= 11 is 0. The molecule has 0 bridgehead atoms. The van der Waals surface area contributed by atoms with Crippen LogP contribution in [0.5, 0.6) is 11.5 Å². The molecule has 10 heteroatoms. The minimum Gasteiger partial charge on any atom is -0.486 e. The molecule has 2 atom stereocenters. The zero-order valence-corrected chi connectivity index (χ0v) is 17.2. The minimum atomic E-state index is -0.614. The number of hydrogen-bond donors (Lipinski definition) is 3. The average Bonchev–Trinajstić information content (AvgIpc) is 3.32. The predicted molar refractivity (Wildman–Crippen MR) is 114 cm³/mol. The van der Waals surface area contributed by atoms with Crippen LogP contribution in [0.25, 0.3) is 5.65 Å². The molecule has 1 fully saturated rings. The molecule has 3 heterocycles. The highest BCUT2D eigenvalue weighted by Crippen LogP contribution is 2.41. The van der Waals surface area contributed by atoms with E-state index in [1.54, 1.807) is 25.2 Å². The summed E-state index contributed by atoms with van der Waals surface area (Å²) in [6.45, 7) is 2.99. The van der Waals surface area contributed by atoms with E-state index in [-0.39, 0.29) is 17.5 Å². The number of hydrogen-bond acceptors (Lipinski definition) is 7. The van der Waals surface area contributed by atoms with Crippen LogP contribution in [0.1, 0.15) is 19.8 Å². The lowest BCUT2D eigenvalue weighted by Gasteiger charge is -2.21. The number of nitrogens with zero attached hydrogens (tertiary/aromatic N) is 3. The highest BCUT2D eigenvalue weighted by atomic mass is 19.1. The number of ether oxygens (including phenoxy) is 2. The molecule has 1 aliphatic carbocycles. The molecule has 0 radical (unpaired) electrons. The lowest BCUT2D eigenvalue weighted by molar-refractivity contribution is -0.116. The molecule has 9 nitrogen and oxygen atoms in total. The van der Waals surface area contributed by atoms with Crippen LogP contribution in [-0.4, -0.2) is 40.8 Å². The van der Waals surface area contributed by atoms with Crippen LogP contribution in [0.15, 0.2) is 24.4 Å². The first-order valence-electron chi connectivity index (χ1n) is 10.3. The normalized spacial score (nSPS) is 19.2. The fourth-order valence-electron chi connectivity index (χ4n) is 3.78. The molecule has 162 valence electrons. The topological polar surface area (TPSA) is 102 Å². The maximum absolute atomic E-state index is 15.2. The quantitative estimate of drug-likeness (QED) is 0.555. The molecule has 5 rings (SSSR count). The van der Waals surface area contributed by atoms with E-state index in [0.29, 0.717) is 60.0 Å². The van der Waals surface area contributed by atoms with Gasteiger partial charge < -0.3 is 25.4 Å². The van der Waals surface area contributed by atoms with Crippen LogP contribution in [-0.2, 0) is 4.79 Å². The van der Waals surface area contributed by atoms with Crippen molar-refractivity contribution in [3.63, 3.8) is 0 Å². The Morgan fingerprint density at radius 2 is 2.10 bits per heavy atom. The lowest BCUT2D eigenvalue weighted by atomic mass is 10.2. The van der Waals surface area contributed by atoms with Gasteiger partial charge in [0.1, 0.15) is 18.9 Å². The highest BCUT2D eigenvalue weighted by molar-refractivity contribution is 5.95. The summed E-state index contributed by atoms with van der Waals surface area (Å²) in [6, 6.07) is 5.33. The third-order valence-electron chi connectivity index (χ3n) is 5.64. The van der Waals surface area contributed by atoms with Crippen LogP contribution in [0, 0.1) is 17.7 Å². The number of aromatic nitrogens is 3. The van der Waals surface area contributed by atoms with Gasteiger partial charge in [-0.25, -0.2) is 4.98 Å². The number of carbonyl (C=O) groups is 1. The maximum atomic E-state index is 15.2. The van der Waals surface area contributed by atoms with Gasteiger partial charge in [-0.2, -0.15) is 14.0 Å². The standard InChI is InChI=1S/C21H23FN6O3/c1-11-8-12(11)9-16(29)25-14-10-24-28-20(14)27-19(17(22)21(28)23-2)26-13-4-3-5-15-18(13)31-7-6-30-15/h3-5,10-12,23H,6-9H2,1-2H3,(H,25,29)(H,26,27)/t11-,12-/m0/s1. The molecule has 2 aliphatic rings. The van der Waals surface area contributed by atoms with Gasteiger partial charge in [-0.15, -0.1) is 0 Å². The predicted octanol–water partition coefficient (Wildman–Crippen LogP) is 3.41. The number of anilines is 4. The van der Waals surface area contributed by atoms with E-state index in [1.807, 2.05) is 0 Å². The van der Waals surface area contributed by atoms with Gasteiger partial charge in [-0.1, -0.05) is 13.0 Å². The van der Waals surface area contributed by atoms with Crippen LogP contribution >= 0.6 is 0 Å². The highest BCUT2D eigenvalue weighted by Gasteiger charge is 2.34. The van der Waals surface area contributed by atoms with Crippen molar-refractivity contribution in [1.29, 1.82) is 0 Å². The summed E-state index contributed by atoms with van der Waals surface area (Å²) in [7, 11) is 1.59. The van der Waals surface area contributed by atoms with Gasteiger partial charge in [0.2, 0.25) is 11.7 Å². The molecular weight excluding hydrogens is 403 g/mol. The molecule has 1 aromatic carbocycles. The van der Waals surface area contributed by atoms with Crippen LogP contribution in [0.3, 0.4) is 0 Å². The summed E-state index contributed by atoms with van der Waals surface area (Å²) in [5.41, 5.74) is 1.28. The second-order valence-corrected chi connectivity index (χ2v) is 7.85. The Labute approximate surface area is 177 Å². The summed E-state index contributed by atoms with van der Waals surface area (Å²) in [5.74, 6) is 1.47. The third kappa shape index (κ3) is 3.58. The summed E-state index contributed by atoms with van der Waals surface area (Å²) in [6.07, 6.45) is 3.00. The first-order valence-corrected chi connectivity index (χ1v) is 10.3. The molecular formula is C21H23FN6O3. The SMILES string of the molecule is CNc1c(F)c(Nc2cccc3c2OCCO3)nc2c(NC(=O)C[C@@H]3C[C@@H]3C)cnn12. The van der Waals surface area contributed by atoms with Gasteiger partial charge in [0.05, 0.1) is 11.9 Å². The van der Waals surface area contributed by atoms with E-state index < -0.39 is 5.82 Å². The van der Waals surface area contributed by atoms with Crippen LogP contribution in [0.2, 0.25) is 0 Å². The van der Waals surface area contributed by atoms with Gasteiger partial charge in [-0.3, -0.25) is 4.79 Å². The fourth-order valence-corrected chi connectivity index (χ4v) is 3.78. The molecule has 1 aliphatic heterocycles. The van der Waals surface area contributed by atoms with Crippen molar-refractivity contribution in [3.05, 3.63) is 30.2 Å². The number of amides is 1.